The van der Waals surface area contributed by atoms with Gasteiger partial charge in [-0.25, -0.2) is 9.67 Å². The second-order valence-corrected chi connectivity index (χ2v) is 6.65. The highest BCUT2D eigenvalue weighted by molar-refractivity contribution is 6.33. The number of nitrogens with one attached hydrogen (secondary N) is 2. The second-order valence-electron chi connectivity index (χ2n) is 6.24. The first kappa shape index (κ1) is 16.9. The molecule has 1 amide bonds. The van der Waals surface area contributed by atoms with Gasteiger partial charge in [0, 0.05) is 12.2 Å². The molecule has 1 aliphatic rings. The lowest BCUT2D eigenvalue weighted by atomic mass is 10.1. The third-order valence-corrected chi connectivity index (χ3v) is 4.58. The molecule has 24 heavy (non-hydrogen) atoms. The SMILES string of the molecule is Cc1cc(C)n(-c2ccc(Cl)c(C(=O)NCCC3CCNC3)n2)n1. The lowest BCUT2D eigenvalue weighted by molar-refractivity contribution is 0.0947. The molecule has 0 bridgehead atoms. The smallest absolute Gasteiger partial charge is 0.271 e. The van der Waals surface area contributed by atoms with E-state index in [4.69, 9.17) is 11.6 Å². The molecular weight excluding hydrogens is 326 g/mol. The van der Waals surface area contributed by atoms with Crippen LogP contribution >= 0.6 is 11.6 Å². The zero-order valence-corrected chi connectivity index (χ0v) is 14.7. The maximum atomic E-state index is 12.4. The van der Waals surface area contributed by atoms with Crippen LogP contribution in [0.1, 0.15) is 34.7 Å². The van der Waals surface area contributed by atoms with Gasteiger partial charge in [0.25, 0.3) is 5.91 Å². The van der Waals surface area contributed by atoms with Gasteiger partial charge in [0.05, 0.1) is 10.7 Å². The molecule has 2 aromatic heterocycles. The van der Waals surface area contributed by atoms with Crippen LogP contribution in [0.25, 0.3) is 5.82 Å². The van der Waals surface area contributed by atoms with Crippen LogP contribution in [-0.2, 0) is 0 Å². The molecule has 0 spiro atoms. The van der Waals surface area contributed by atoms with Gasteiger partial charge in [0.2, 0.25) is 0 Å². The van der Waals surface area contributed by atoms with Crippen molar-refractivity contribution in [3.05, 3.63) is 40.3 Å². The predicted molar refractivity (Wildman–Crippen MR) is 93.8 cm³/mol. The van der Waals surface area contributed by atoms with Crippen LogP contribution in [0, 0.1) is 19.8 Å². The summed E-state index contributed by atoms with van der Waals surface area (Å²) in [5.41, 5.74) is 2.11. The molecule has 3 heterocycles. The Bertz CT molecular complexity index is 737. The minimum Gasteiger partial charge on any atom is -0.351 e. The summed E-state index contributed by atoms with van der Waals surface area (Å²) in [6.07, 6.45) is 2.13. The Morgan fingerprint density at radius 1 is 1.46 bits per heavy atom. The summed E-state index contributed by atoms with van der Waals surface area (Å²) in [5.74, 6) is 0.985. The first-order valence-electron chi connectivity index (χ1n) is 8.23. The van der Waals surface area contributed by atoms with Gasteiger partial charge >= 0.3 is 0 Å². The van der Waals surface area contributed by atoms with Crippen molar-refractivity contribution in [3.8, 4) is 5.82 Å². The van der Waals surface area contributed by atoms with Gasteiger partial charge in [-0.2, -0.15) is 5.10 Å². The Labute approximate surface area is 146 Å². The summed E-state index contributed by atoms with van der Waals surface area (Å²) >= 11 is 6.17. The monoisotopic (exact) mass is 347 g/mol. The Balaban J connectivity index is 1.71. The van der Waals surface area contributed by atoms with Gasteiger partial charge in [-0.3, -0.25) is 4.79 Å². The first-order chi connectivity index (χ1) is 11.5. The van der Waals surface area contributed by atoms with Gasteiger partial charge in [-0.15, -0.1) is 0 Å². The average Bonchev–Trinajstić information content (AvgIpc) is 3.17. The molecule has 7 heteroatoms. The molecule has 2 N–H and O–H groups in total. The maximum absolute atomic E-state index is 12.4. The zero-order chi connectivity index (χ0) is 17.1. The molecule has 128 valence electrons. The van der Waals surface area contributed by atoms with E-state index < -0.39 is 0 Å². The highest BCUT2D eigenvalue weighted by Gasteiger charge is 2.17. The molecule has 0 aliphatic carbocycles. The van der Waals surface area contributed by atoms with Crippen molar-refractivity contribution in [2.45, 2.75) is 26.7 Å². The van der Waals surface area contributed by atoms with Gasteiger partial charge in [0.1, 0.15) is 5.69 Å². The molecule has 1 atom stereocenters. The van der Waals surface area contributed by atoms with E-state index in [-0.39, 0.29) is 11.6 Å². The fraction of sp³-hybridized carbons (Fsp3) is 0.471. The molecule has 0 radical (unpaired) electrons. The number of halogens is 1. The van der Waals surface area contributed by atoms with E-state index >= 15 is 0 Å². The number of hydrogen-bond acceptors (Lipinski definition) is 4. The van der Waals surface area contributed by atoms with Crippen molar-refractivity contribution in [1.82, 2.24) is 25.4 Å². The molecule has 3 rings (SSSR count). The minimum atomic E-state index is -0.241. The van der Waals surface area contributed by atoms with Crippen molar-refractivity contribution < 1.29 is 4.79 Å². The second kappa shape index (κ2) is 7.32. The van der Waals surface area contributed by atoms with Gasteiger partial charge in [-0.1, -0.05) is 11.6 Å². The third-order valence-electron chi connectivity index (χ3n) is 4.27. The van der Waals surface area contributed by atoms with E-state index in [1.165, 1.54) is 6.42 Å². The summed E-state index contributed by atoms with van der Waals surface area (Å²) in [4.78, 5) is 16.8. The standard InChI is InChI=1S/C17H22ClN5O/c1-11-9-12(2)23(22-11)15-4-3-14(18)16(21-15)17(24)20-8-6-13-5-7-19-10-13/h3-4,9,13,19H,5-8,10H2,1-2H3,(H,20,24). The number of rotatable bonds is 5. The number of carbonyl (C=O) groups excluding carboxylic acids is 1. The van der Waals surface area contributed by atoms with Crippen LogP contribution in [0.5, 0.6) is 0 Å². The molecular formula is C17H22ClN5O. The summed E-state index contributed by atoms with van der Waals surface area (Å²) < 4.78 is 1.71. The van der Waals surface area contributed by atoms with E-state index in [9.17, 15) is 4.79 Å². The average molecular weight is 348 g/mol. The van der Waals surface area contributed by atoms with Gasteiger partial charge < -0.3 is 10.6 Å². The normalized spacial score (nSPS) is 17.2. The molecule has 0 saturated carbocycles. The van der Waals surface area contributed by atoms with E-state index in [0.29, 0.717) is 23.3 Å². The maximum Gasteiger partial charge on any atom is 0.271 e. The third kappa shape index (κ3) is 3.76. The Morgan fingerprint density at radius 3 is 2.96 bits per heavy atom. The Hall–Kier alpha value is -1.92. The highest BCUT2D eigenvalue weighted by atomic mass is 35.5. The molecule has 1 fully saturated rings. The molecule has 1 unspecified atom stereocenters. The summed E-state index contributed by atoms with van der Waals surface area (Å²) in [5, 5.41) is 11.0. The van der Waals surface area contributed by atoms with Crippen molar-refractivity contribution >= 4 is 17.5 Å². The molecule has 1 aliphatic heterocycles. The Kier molecular flexibility index (Phi) is 5.16. The van der Waals surface area contributed by atoms with Gasteiger partial charge in [-0.05, 0) is 63.9 Å². The van der Waals surface area contributed by atoms with Crippen LogP contribution in [0.15, 0.2) is 18.2 Å². The van der Waals surface area contributed by atoms with Crippen molar-refractivity contribution in [1.29, 1.82) is 0 Å². The van der Waals surface area contributed by atoms with Crippen LogP contribution < -0.4 is 10.6 Å². The number of aryl methyl sites for hydroxylation is 2. The predicted octanol–water partition coefficient (Wildman–Crippen LogP) is 2.27. The fourth-order valence-electron chi connectivity index (χ4n) is 3.00. The molecule has 2 aromatic rings. The lowest BCUT2D eigenvalue weighted by Crippen LogP contribution is -2.27. The largest absolute Gasteiger partial charge is 0.351 e. The number of aromatic nitrogens is 3. The fourth-order valence-corrected chi connectivity index (χ4v) is 3.20. The van der Waals surface area contributed by atoms with Crippen molar-refractivity contribution in [2.24, 2.45) is 5.92 Å². The minimum absolute atomic E-state index is 0.241. The lowest BCUT2D eigenvalue weighted by Gasteiger charge is -2.11. The van der Waals surface area contributed by atoms with Crippen molar-refractivity contribution in [2.75, 3.05) is 19.6 Å². The van der Waals surface area contributed by atoms with Crippen LogP contribution in [0.2, 0.25) is 5.02 Å². The number of carbonyl (C=O) groups is 1. The molecule has 0 aromatic carbocycles. The van der Waals surface area contributed by atoms with Crippen molar-refractivity contribution in [3.63, 3.8) is 0 Å². The molecule has 6 nitrogen and oxygen atoms in total. The first-order valence-corrected chi connectivity index (χ1v) is 8.61. The molecule has 1 saturated heterocycles. The van der Waals surface area contributed by atoms with Crippen LogP contribution in [-0.4, -0.2) is 40.3 Å². The number of hydrogen-bond donors (Lipinski definition) is 2. The van der Waals surface area contributed by atoms with Crippen LogP contribution in [0.4, 0.5) is 0 Å². The Morgan fingerprint density at radius 2 is 2.29 bits per heavy atom. The van der Waals surface area contributed by atoms with Gasteiger partial charge in [0.15, 0.2) is 5.82 Å². The summed E-state index contributed by atoms with van der Waals surface area (Å²) in [6, 6.07) is 5.42. The van der Waals surface area contributed by atoms with E-state index in [1.54, 1.807) is 16.8 Å². The van der Waals surface area contributed by atoms with Crippen LogP contribution in [0.3, 0.4) is 0 Å². The summed E-state index contributed by atoms with van der Waals surface area (Å²) in [7, 11) is 0. The highest BCUT2D eigenvalue weighted by Crippen LogP contribution is 2.18. The van der Waals surface area contributed by atoms with E-state index in [0.717, 1.165) is 30.9 Å². The van der Waals surface area contributed by atoms with E-state index in [2.05, 4.69) is 20.7 Å². The zero-order valence-electron chi connectivity index (χ0n) is 14.0. The number of nitrogens with zero attached hydrogens (tertiary/aromatic N) is 3. The topological polar surface area (TPSA) is 71.8 Å². The number of pyridine rings is 1. The quantitative estimate of drug-likeness (QED) is 0.870. The summed E-state index contributed by atoms with van der Waals surface area (Å²) in [6.45, 7) is 6.60. The van der Waals surface area contributed by atoms with E-state index in [1.807, 2.05) is 19.9 Å². The number of amides is 1.